The van der Waals surface area contributed by atoms with Gasteiger partial charge in [-0.15, -0.1) is 0 Å². The van der Waals surface area contributed by atoms with Crippen LogP contribution in [0, 0.1) is 39.4 Å². The SMILES string of the molecule is CC(C)=CCCC(C)=CCC/C(=C/Cc1cc(O)ccc1O)C(=O)OC[C@@](C)(O)[C@@H](O)CC[C@@H](C)[C@H]1CC[C@@]2(C)C3=CC[C@H]4C(C)(C)C(=O)CC[C@]4(C)C3=CC[C@]12C. The van der Waals surface area contributed by atoms with E-state index in [0.717, 1.165) is 51.4 Å². The summed E-state index contributed by atoms with van der Waals surface area (Å²) in [5, 5.41) is 43.1. The lowest BCUT2D eigenvalue weighted by atomic mass is 9.44. The molecule has 8 atom stereocenters. The van der Waals surface area contributed by atoms with Gasteiger partial charge in [0.2, 0.25) is 0 Å². The van der Waals surface area contributed by atoms with Crippen LogP contribution in [0.2, 0.25) is 0 Å². The van der Waals surface area contributed by atoms with Gasteiger partial charge >= 0.3 is 5.97 Å². The summed E-state index contributed by atoms with van der Waals surface area (Å²) < 4.78 is 5.71. The number of fused-ring (bicyclic) bond motifs is 5. The molecule has 4 N–H and O–H groups in total. The Morgan fingerprint density at radius 3 is 2.38 bits per heavy atom. The van der Waals surface area contributed by atoms with Crippen molar-refractivity contribution in [3.63, 3.8) is 0 Å². The van der Waals surface area contributed by atoms with Crippen LogP contribution in [0.25, 0.3) is 0 Å². The maximum absolute atomic E-state index is 13.5. The number of carbonyl (C=O) groups excluding carboxylic acids is 2. The number of esters is 1. The van der Waals surface area contributed by atoms with Crippen molar-refractivity contribution in [2.75, 3.05) is 6.61 Å². The highest BCUT2D eigenvalue weighted by atomic mass is 16.5. The molecular formula is C51H74O7. The number of hydrogen-bond donors (Lipinski definition) is 4. The number of rotatable bonds is 16. The molecule has 2 fully saturated rings. The van der Waals surface area contributed by atoms with E-state index >= 15 is 0 Å². The zero-order valence-electron chi connectivity index (χ0n) is 37.3. The number of hydrogen-bond acceptors (Lipinski definition) is 7. The van der Waals surface area contributed by atoms with E-state index in [9.17, 15) is 30.0 Å². The van der Waals surface area contributed by atoms with Gasteiger partial charge in [-0.25, -0.2) is 4.79 Å². The minimum absolute atomic E-state index is 0.0153. The summed E-state index contributed by atoms with van der Waals surface area (Å²) in [6.45, 7) is 21.4. The van der Waals surface area contributed by atoms with Gasteiger partial charge in [0, 0.05) is 23.0 Å². The number of aliphatic hydroxyl groups is 2. The molecule has 0 spiro atoms. The average Bonchev–Trinajstić information content (AvgIpc) is 3.44. The number of aliphatic hydroxyl groups excluding tert-OH is 1. The van der Waals surface area contributed by atoms with Crippen LogP contribution in [0.1, 0.15) is 152 Å². The molecule has 0 bridgehead atoms. The summed E-state index contributed by atoms with van der Waals surface area (Å²) in [6, 6.07) is 4.31. The third-order valence-electron chi connectivity index (χ3n) is 15.7. The smallest absolute Gasteiger partial charge is 0.333 e. The molecule has 4 aliphatic carbocycles. The van der Waals surface area contributed by atoms with Crippen LogP contribution in [0.15, 0.2) is 76.4 Å². The highest BCUT2D eigenvalue weighted by Crippen LogP contribution is 2.71. The first kappa shape index (κ1) is 45.7. The van der Waals surface area contributed by atoms with E-state index in [1.54, 1.807) is 6.08 Å². The topological polar surface area (TPSA) is 124 Å². The predicted molar refractivity (Wildman–Crippen MR) is 233 cm³/mol. The lowest BCUT2D eigenvalue weighted by Crippen LogP contribution is -2.53. The summed E-state index contributed by atoms with van der Waals surface area (Å²) >= 11 is 0. The van der Waals surface area contributed by atoms with Crippen molar-refractivity contribution >= 4 is 11.8 Å². The van der Waals surface area contributed by atoms with E-state index in [4.69, 9.17) is 4.74 Å². The molecule has 0 unspecified atom stereocenters. The molecule has 1 aromatic rings. The number of phenolic OH excluding ortho intramolecular Hbond substituents is 2. The molecule has 0 aliphatic heterocycles. The Bertz CT molecular complexity index is 1850. The van der Waals surface area contributed by atoms with E-state index in [-0.39, 0.29) is 46.2 Å². The van der Waals surface area contributed by atoms with Gasteiger partial charge in [0.05, 0.1) is 6.10 Å². The van der Waals surface area contributed by atoms with Crippen LogP contribution in [-0.4, -0.2) is 50.5 Å². The van der Waals surface area contributed by atoms with Gasteiger partial charge in [-0.3, -0.25) is 4.79 Å². The summed E-state index contributed by atoms with van der Waals surface area (Å²) in [4.78, 5) is 26.6. The van der Waals surface area contributed by atoms with Crippen LogP contribution >= 0.6 is 0 Å². The highest BCUT2D eigenvalue weighted by Gasteiger charge is 2.63. The van der Waals surface area contributed by atoms with Gasteiger partial charge in [0.25, 0.3) is 0 Å². The first-order valence-electron chi connectivity index (χ1n) is 22.1. The molecule has 7 nitrogen and oxygen atoms in total. The monoisotopic (exact) mass is 799 g/mol. The van der Waals surface area contributed by atoms with E-state index in [1.807, 2.05) is 0 Å². The van der Waals surface area contributed by atoms with Gasteiger partial charge in [0.1, 0.15) is 29.5 Å². The number of Topliss-reactive ketones (excluding diaryl/α,β-unsaturated/α-hetero) is 1. The molecule has 5 rings (SSSR count). The Labute approximate surface area is 349 Å². The van der Waals surface area contributed by atoms with Gasteiger partial charge in [-0.1, -0.05) is 83.1 Å². The lowest BCUT2D eigenvalue weighted by Gasteiger charge is -2.59. The molecule has 0 heterocycles. The highest BCUT2D eigenvalue weighted by molar-refractivity contribution is 5.88. The second kappa shape index (κ2) is 17.7. The van der Waals surface area contributed by atoms with Crippen molar-refractivity contribution < 1.29 is 34.8 Å². The Balaban J connectivity index is 1.21. The quantitative estimate of drug-likeness (QED) is 0.0568. The Hall–Kier alpha value is -3.42. The molecule has 4 aliphatic rings. The molecule has 1 aromatic carbocycles. The number of ketones is 1. The average molecular weight is 799 g/mol. The Morgan fingerprint density at radius 1 is 0.966 bits per heavy atom. The Kier molecular flexibility index (Phi) is 13.9. The minimum atomic E-state index is -1.64. The number of aromatic hydroxyl groups is 2. The van der Waals surface area contributed by atoms with E-state index < -0.39 is 17.7 Å². The van der Waals surface area contributed by atoms with Crippen molar-refractivity contribution in [2.45, 2.75) is 164 Å². The molecule has 320 valence electrons. The summed E-state index contributed by atoms with van der Waals surface area (Å²) in [6.07, 6.45) is 20.0. The molecule has 0 amide bonds. The molecular weight excluding hydrogens is 725 g/mol. The third kappa shape index (κ3) is 9.16. The van der Waals surface area contributed by atoms with Crippen molar-refractivity contribution in [2.24, 2.45) is 39.4 Å². The zero-order chi connectivity index (χ0) is 42.8. The first-order valence-corrected chi connectivity index (χ1v) is 22.1. The standard InChI is InChI=1S/C51H74O7/c1-33(2)13-11-14-34(3)15-12-16-36(18-19-37-31-38(52)20-22-42(37)53)46(56)58-32-51(10,57)45(55)24-17-35(4)39-25-29-50(9)41-21-23-43-47(5,6)44(54)27-28-48(43,7)40(41)26-30-49(39,50)8/h13,15,18,20-22,26,31,35,39,43,45,52-53,55,57H,11-12,14,16-17,19,23-25,27-30,32H2,1-10H3/b34-15?,36-18-/t35-,39-,43+,45+,48-,49-,50+,51-/m1/s1. The molecule has 7 heteroatoms. The fourth-order valence-electron chi connectivity index (χ4n) is 11.5. The van der Waals surface area contributed by atoms with Crippen LogP contribution in [0.5, 0.6) is 11.5 Å². The first-order chi connectivity index (χ1) is 27.1. The number of phenols is 2. The van der Waals surface area contributed by atoms with Gasteiger partial charge in [0.15, 0.2) is 0 Å². The van der Waals surface area contributed by atoms with Crippen molar-refractivity contribution in [1.29, 1.82) is 0 Å². The Morgan fingerprint density at radius 2 is 1.67 bits per heavy atom. The van der Waals surface area contributed by atoms with Crippen molar-refractivity contribution in [3.8, 4) is 11.5 Å². The summed E-state index contributed by atoms with van der Waals surface area (Å²) in [5.74, 6) is 0.971. The normalized spacial score (nSPS) is 30.2. The summed E-state index contributed by atoms with van der Waals surface area (Å²) in [7, 11) is 0. The van der Waals surface area contributed by atoms with Crippen molar-refractivity contribution in [3.05, 3.63) is 82.0 Å². The maximum Gasteiger partial charge on any atom is 0.333 e. The van der Waals surface area contributed by atoms with Crippen LogP contribution < -0.4 is 0 Å². The molecule has 58 heavy (non-hydrogen) atoms. The van der Waals surface area contributed by atoms with Gasteiger partial charge in [-0.2, -0.15) is 0 Å². The van der Waals surface area contributed by atoms with E-state index in [0.29, 0.717) is 60.4 Å². The predicted octanol–water partition coefficient (Wildman–Crippen LogP) is 11.2. The molecule has 0 radical (unpaired) electrons. The third-order valence-corrected chi connectivity index (χ3v) is 15.7. The fraction of sp³-hybridized carbons (Fsp3) is 0.647. The number of allylic oxidation sites excluding steroid dienone is 9. The summed E-state index contributed by atoms with van der Waals surface area (Å²) in [5.41, 5.74) is 4.59. The second-order valence-electron chi connectivity index (χ2n) is 20.3. The largest absolute Gasteiger partial charge is 0.508 e. The van der Waals surface area contributed by atoms with Crippen molar-refractivity contribution in [1.82, 2.24) is 0 Å². The van der Waals surface area contributed by atoms with Gasteiger partial charge < -0.3 is 25.2 Å². The van der Waals surface area contributed by atoms with Crippen LogP contribution in [0.3, 0.4) is 0 Å². The van der Waals surface area contributed by atoms with Crippen LogP contribution in [0.4, 0.5) is 0 Å². The lowest BCUT2D eigenvalue weighted by molar-refractivity contribution is -0.155. The minimum Gasteiger partial charge on any atom is -0.508 e. The molecule has 2 saturated carbocycles. The van der Waals surface area contributed by atoms with Crippen LogP contribution in [-0.2, 0) is 20.7 Å². The number of carbonyl (C=O) groups is 2. The fourth-order valence-corrected chi connectivity index (χ4v) is 11.5. The van der Waals surface area contributed by atoms with E-state index in [2.05, 4.69) is 86.6 Å². The zero-order valence-corrected chi connectivity index (χ0v) is 37.3. The van der Waals surface area contributed by atoms with E-state index in [1.165, 1.54) is 47.4 Å². The molecule has 0 aromatic heterocycles. The van der Waals surface area contributed by atoms with Gasteiger partial charge in [-0.05, 0) is 168 Å². The molecule has 0 saturated heterocycles. The maximum atomic E-state index is 13.5. The second-order valence-corrected chi connectivity index (χ2v) is 20.3. The number of benzene rings is 1. The number of ether oxygens (including phenoxy) is 1.